The molecule has 0 amide bonds. The van der Waals surface area contributed by atoms with Gasteiger partial charge < -0.3 is 14.6 Å². The number of fused-ring (bicyclic) bond motifs is 1. The fourth-order valence-electron chi connectivity index (χ4n) is 3.06. The molecular formula is C15H20FNO3. The van der Waals surface area contributed by atoms with Gasteiger partial charge in [0, 0.05) is 30.8 Å². The van der Waals surface area contributed by atoms with Gasteiger partial charge in [0.25, 0.3) is 0 Å². The van der Waals surface area contributed by atoms with Crippen LogP contribution in [0.3, 0.4) is 0 Å². The zero-order valence-electron chi connectivity index (χ0n) is 11.5. The van der Waals surface area contributed by atoms with Crippen molar-refractivity contribution >= 4 is 0 Å². The predicted octanol–water partition coefficient (Wildman–Crippen LogP) is 1.90. The summed E-state index contributed by atoms with van der Waals surface area (Å²) in [5.74, 6) is 0.852. The predicted molar refractivity (Wildman–Crippen MR) is 71.8 cm³/mol. The second-order valence-electron chi connectivity index (χ2n) is 5.59. The van der Waals surface area contributed by atoms with E-state index >= 15 is 0 Å². The summed E-state index contributed by atoms with van der Waals surface area (Å²) < 4.78 is 24.4. The van der Waals surface area contributed by atoms with Gasteiger partial charge in [-0.15, -0.1) is 0 Å². The van der Waals surface area contributed by atoms with Gasteiger partial charge in [-0.25, -0.2) is 4.39 Å². The Bertz CT molecular complexity index is 480. The molecule has 1 aromatic rings. The monoisotopic (exact) mass is 281 g/mol. The Kier molecular flexibility index (Phi) is 4.19. The zero-order chi connectivity index (χ0) is 13.9. The van der Waals surface area contributed by atoms with Crippen molar-refractivity contribution in [3.05, 3.63) is 29.1 Å². The Morgan fingerprint density at radius 1 is 1.40 bits per heavy atom. The molecule has 2 aliphatic rings. The Morgan fingerprint density at radius 2 is 2.30 bits per heavy atom. The first-order valence-electron chi connectivity index (χ1n) is 7.11. The highest BCUT2D eigenvalue weighted by Gasteiger charge is 2.22. The van der Waals surface area contributed by atoms with E-state index in [2.05, 4.69) is 4.90 Å². The van der Waals surface area contributed by atoms with Crippen molar-refractivity contribution in [2.75, 3.05) is 26.5 Å². The molecule has 0 aromatic heterocycles. The minimum atomic E-state index is -0.247. The smallest absolute Gasteiger partial charge is 0.189 e. The normalized spacial score (nSPS) is 23.2. The number of likely N-dealkylation sites (tertiary alicyclic amines) is 1. The molecule has 1 N–H and O–H groups in total. The molecule has 0 bridgehead atoms. The third-order valence-electron chi connectivity index (χ3n) is 4.01. The maximum atomic E-state index is 13.7. The largest absolute Gasteiger partial charge is 0.467 e. The van der Waals surface area contributed by atoms with Gasteiger partial charge in [-0.05, 0) is 37.4 Å². The second-order valence-corrected chi connectivity index (χ2v) is 5.59. The molecule has 110 valence electrons. The molecule has 0 aliphatic carbocycles. The van der Waals surface area contributed by atoms with Crippen LogP contribution in [-0.2, 0) is 17.9 Å². The highest BCUT2D eigenvalue weighted by atomic mass is 19.1. The topological polar surface area (TPSA) is 41.9 Å². The summed E-state index contributed by atoms with van der Waals surface area (Å²) in [6.07, 6.45) is 2.14. The van der Waals surface area contributed by atoms with Crippen LogP contribution in [-0.4, -0.2) is 36.5 Å². The third-order valence-corrected chi connectivity index (χ3v) is 4.01. The van der Waals surface area contributed by atoms with Crippen molar-refractivity contribution in [2.24, 2.45) is 5.92 Å². The van der Waals surface area contributed by atoms with Crippen molar-refractivity contribution in [1.29, 1.82) is 0 Å². The molecule has 20 heavy (non-hydrogen) atoms. The SMILES string of the molecule is OC[C@H]1CCCN(Cc2cc(F)cc3c2OCOC3)C1. The Morgan fingerprint density at radius 3 is 3.15 bits per heavy atom. The highest BCUT2D eigenvalue weighted by Crippen LogP contribution is 2.31. The number of nitrogens with zero attached hydrogens (tertiary/aromatic N) is 1. The van der Waals surface area contributed by atoms with Gasteiger partial charge in [0.1, 0.15) is 11.6 Å². The molecule has 0 unspecified atom stereocenters. The lowest BCUT2D eigenvalue weighted by Gasteiger charge is -2.32. The van der Waals surface area contributed by atoms with Crippen LogP contribution >= 0.6 is 0 Å². The van der Waals surface area contributed by atoms with Gasteiger partial charge in [-0.2, -0.15) is 0 Å². The minimum absolute atomic E-state index is 0.224. The standard InChI is InChI=1S/C15H20FNO3/c16-14-4-12(15-13(5-14)9-19-10-20-15)7-17-3-1-2-11(6-17)8-18/h4-5,11,18H,1-3,6-10H2/t11-/m0/s1. The van der Waals surface area contributed by atoms with E-state index in [1.54, 1.807) is 6.07 Å². The Hall–Kier alpha value is -1.17. The molecule has 1 saturated heterocycles. The van der Waals surface area contributed by atoms with Gasteiger partial charge in [0.2, 0.25) is 0 Å². The lowest BCUT2D eigenvalue weighted by molar-refractivity contribution is -0.0179. The molecule has 0 saturated carbocycles. The molecule has 4 nitrogen and oxygen atoms in total. The summed E-state index contributed by atoms with van der Waals surface area (Å²) in [7, 11) is 0. The molecule has 1 atom stereocenters. The molecule has 2 aliphatic heterocycles. The maximum absolute atomic E-state index is 13.7. The van der Waals surface area contributed by atoms with Crippen molar-refractivity contribution in [3.8, 4) is 5.75 Å². The van der Waals surface area contributed by atoms with Crippen molar-refractivity contribution in [2.45, 2.75) is 26.0 Å². The van der Waals surface area contributed by atoms with Gasteiger partial charge >= 0.3 is 0 Å². The number of ether oxygens (including phenoxy) is 2. The molecule has 1 fully saturated rings. The van der Waals surface area contributed by atoms with Crippen molar-refractivity contribution in [3.63, 3.8) is 0 Å². The quantitative estimate of drug-likeness (QED) is 0.919. The summed E-state index contributed by atoms with van der Waals surface area (Å²) in [6.45, 7) is 3.36. The van der Waals surface area contributed by atoms with Crippen molar-refractivity contribution in [1.82, 2.24) is 4.90 Å². The lowest BCUT2D eigenvalue weighted by atomic mass is 9.98. The maximum Gasteiger partial charge on any atom is 0.189 e. The van der Waals surface area contributed by atoms with E-state index in [0.29, 0.717) is 19.1 Å². The fourth-order valence-corrected chi connectivity index (χ4v) is 3.06. The van der Waals surface area contributed by atoms with E-state index < -0.39 is 0 Å². The summed E-state index contributed by atoms with van der Waals surface area (Å²) in [4.78, 5) is 2.26. The van der Waals surface area contributed by atoms with Gasteiger partial charge in [-0.1, -0.05) is 0 Å². The number of benzene rings is 1. The van der Waals surface area contributed by atoms with Crippen LogP contribution < -0.4 is 4.74 Å². The van der Waals surface area contributed by atoms with Crippen LogP contribution in [0.2, 0.25) is 0 Å². The van der Waals surface area contributed by atoms with E-state index in [0.717, 1.165) is 42.8 Å². The van der Waals surface area contributed by atoms with Crippen LogP contribution in [0, 0.1) is 11.7 Å². The summed E-state index contributed by atoms with van der Waals surface area (Å²) in [5.41, 5.74) is 1.66. The van der Waals surface area contributed by atoms with Crippen LogP contribution in [0.15, 0.2) is 12.1 Å². The molecular weight excluding hydrogens is 261 g/mol. The Balaban J connectivity index is 1.78. The van der Waals surface area contributed by atoms with Gasteiger partial charge in [0.05, 0.1) is 6.61 Å². The zero-order valence-corrected chi connectivity index (χ0v) is 11.5. The second kappa shape index (κ2) is 6.08. The summed E-state index contributed by atoms with van der Waals surface area (Å²) >= 11 is 0. The summed E-state index contributed by atoms with van der Waals surface area (Å²) in [6, 6.07) is 3.03. The van der Waals surface area contributed by atoms with E-state index in [1.807, 2.05) is 0 Å². The van der Waals surface area contributed by atoms with Crippen LogP contribution in [0.25, 0.3) is 0 Å². The van der Waals surface area contributed by atoms with E-state index in [-0.39, 0.29) is 19.2 Å². The van der Waals surface area contributed by atoms with Crippen molar-refractivity contribution < 1.29 is 19.0 Å². The van der Waals surface area contributed by atoms with Crippen LogP contribution in [0.1, 0.15) is 24.0 Å². The minimum Gasteiger partial charge on any atom is -0.467 e. The molecule has 0 radical (unpaired) electrons. The highest BCUT2D eigenvalue weighted by molar-refractivity contribution is 5.42. The van der Waals surface area contributed by atoms with Gasteiger partial charge in [-0.3, -0.25) is 4.90 Å². The third kappa shape index (κ3) is 2.95. The molecule has 3 rings (SSSR count). The first kappa shape index (κ1) is 13.8. The van der Waals surface area contributed by atoms with Crippen LogP contribution in [0.4, 0.5) is 4.39 Å². The number of aliphatic hydroxyl groups is 1. The molecule has 5 heteroatoms. The first-order chi connectivity index (χ1) is 9.76. The molecule has 0 spiro atoms. The average molecular weight is 281 g/mol. The number of hydrogen-bond acceptors (Lipinski definition) is 4. The number of halogens is 1. The van der Waals surface area contributed by atoms with E-state index in [9.17, 15) is 9.50 Å². The Labute approximate surface area is 118 Å². The van der Waals surface area contributed by atoms with E-state index in [4.69, 9.17) is 9.47 Å². The fraction of sp³-hybridized carbons (Fsp3) is 0.600. The number of aliphatic hydroxyl groups excluding tert-OH is 1. The number of piperidine rings is 1. The molecule has 2 heterocycles. The average Bonchev–Trinajstić information content (AvgIpc) is 2.47. The summed E-state index contributed by atoms with van der Waals surface area (Å²) in [5, 5.41) is 9.28. The van der Waals surface area contributed by atoms with E-state index in [1.165, 1.54) is 6.07 Å². The first-order valence-corrected chi connectivity index (χ1v) is 7.11. The van der Waals surface area contributed by atoms with Gasteiger partial charge in [0.15, 0.2) is 6.79 Å². The van der Waals surface area contributed by atoms with Crippen LogP contribution in [0.5, 0.6) is 5.75 Å². The number of rotatable bonds is 3. The lowest BCUT2D eigenvalue weighted by Crippen LogP contribution is -2.36. The molecule has 1 aromatic carbocycles. The number of hydrogen-bond donors (Lipinski definition) is 1.